The van der Waals surface area contributed by atoms with Crippen LogP contribution in [0.5, 0.6) is 0 Å². The topological polar surface area (TPSA) is 82.0 Å². The maximum absolute atomic E-state index is 13.1. The van der Waals surface area contributed by atoms with E-state index in [2.05, 4.69) is 34.7 Å². The van der Waals surface area contributed by atoms with E-state index in [-0.39, 0.29) is 17.7 Å². The van der Waals surface area contributed by atoms with Gasteiger partial charge in [0.25, 0.3) is 0 Å². The van der Waals surface area contributed by atoms with Gasteiger partial charge in [-0.15, -0.1) is 11.8 Å². The quantitative estimate of drug-likeness (QED) is 0.303. The fourth-order valence-electron chi connectivity index (χ4n) is 4.80. The van der Waals surface area contributed by atoms with Crippen LogP contribution in [0.2, 0.25) is 0 Å². The Balaban J connectivity index is 1.37. The number of ketones is 1. The molecule has 4 rings (SSSR count). The second-order valence-electron chi connectivity index (χ2n) is 8.32. The summed E-state index contributed by atoms with van der Waals surface area (Å²) in [6, 6.07) is 7.70. The molecule has 6 nitrogen and oxygen atoms in total. The third-order valence-electron chi connectivity index (χ3n) is 6.48. The number of carbonyl (C=O) groups excluding carboxylic acids is 2. The molecule has 160 valence electrons. The summed E-state index contributed by atoms with van der Waals surface area (Å²) in [5.41, 5.74) is 2.83. The predicted octanol–water partition coefficient (Wildman–Crippen LogP) is 2.46. The fourth-order valence-corrected chi connectivity index (χ4v) is 6.28. The molecule has 0 spiro atoms. The molecule has 0 bridgehead atoms. The van der Waals surface area contributed by atoms with Gasteiger partial charge >= 0.3 is 0 Å². The number of nitrogens with one attached hydrogen (secondary N) is 1. The van der Waals surface area contributed by atoms with Crippen molar-refractivity contribution in [2.45, 2.75) is 44.2 Å². The summed E-state index contributed by atoms with van der Waals surface area (Å²) >= 11 is 7.07. The predicted molar refractivity (Wildman–Crippen MR) is 122 cm³/mol. The van der Waals surface area contributed by atoms with E-state index in [0.717, 1.165) is 25.7 Å². The molecule has 1 unspecified atom stereocenters. The Kier molecular flexibility index (Phi) is 6.85. The third kappa shape index (κ3) is 4.45. The van der Waals surface area contributed by atoms with E-state index in [0.29, 0.717) is 35.4 Å². The average molecular weight is 446 g/mol. The van der Waals surface area contributed by atoms with E-state index >= 15 is 0 Å². The summed E-state index contributed by atoms with van der Waals surface area (Å²) in [5, 5.41) is 15.1. The number of hydrogen-bond acceptors (Lipinski definition) is 7. The van der Waals surface area contributed by atoms with Crippen LogP contribution in [-0.4, -0.2) is 63.1 Å². The highest BCUT2D eigenvalue weighted by molar-refractivity contribution is 7.99. The van der Waals surface area contributed by atoms with Crippen molar-refractivity contribution in [1.82, 2.24) is 10.2 Å². The Bertz CT molecular complexity index is 860. The zero-order chi connectivity index (χ0) is 21.1. The van der Waals surface area contributed by atoms with Crippen LogP contribution in [0.3, 0.4) is 0 Å². The lowest BCUT2D eigenvalue weighted by Crippen LogP contribution is -2.50. The van der Waals surface area contributed by atoms with Crippen LogP contribution >= 0.6 is 24.0 Å². The van der Waals surface area contributed by atoms with E-state index < -0.39 is 12.0 Å². The Morgan fingerprint density at radius 3 is 2.93 bits per heavy atom. The minimum Gasteiger partial charge on any atom is -0.411 e. The van der Waals surface area contributed by atoms with Gasteiger partial charge in [-0.3, -0.25) is 9.59 Å². The number of Topliss-reactive ketones (excluding diaryl/α,β-unsaturated/α-hetero) is 1. The second-order valence-corrected chi connectivity index (χ2v) is 9.85. The molecule has 1 aromatic rings. The Labute approximate surface area is 186 Å². The van der Waals surface area contributed by atoms with Gasteiger partial charge in [-0.2, -0.15) is 0 Å². The third-order valence-corrected chi connectivity index (χ3v) is 7.91. The molecule has 1 aromatic carbocycles. The minimum atomic E-state index is -0.606. The second kappa shape index (κ2) is 9.58. The summed E-state index contributed by atoms with van der Waals surface area (Å²) in [7, 11) is 0. The molecule has 0 saturated carbocycles. The van der Waals surface area contributed by atoms with Crippen LogP contribution in [0.1, 0.15) is 30.4 Å². The monoisotopic (exact) mass is 445 g/mol. The van der Waals surface area contributed by atoms with Crippen molar-refractivity contribution in [3.63, 3.8) is 0 Å². The zero-order valence-corrected chi connectivity index (χ0v) is 18.5. The number of amides is 1. The summed E-state index contributed by atoms with van der Waals surface area (Å²) in [5.74, 6) is 1.12. The molecule has 0 aromatic heterocycles. The lowest BCUT2D eigenvalue weighted by atomic mass is 9.80. The molecule has 2 N–H and O–H groups in total. The summed E-state index contributed by atoms with van der Waals surface area (Å²) < 4.78 is 0. The van der Waals surface area contributed by atoms with Crippen molar-refractivity contribution in [3.8, 4) is 0 Å². The fraction of sp³-hybridized carbons (Fsp3) is 0.545. The molecule has 1 amide bonds. The van der Waals surface area contributed by atoms with Crippen LogP contribution in [0.25, 0.3) is 0 Å². The average Bonchev–Trinajstić information content (AvgIpc) is 3.38. The van der Waals surface area contributed by atoms with Crippen molar-refractivity contribution < 1.29 is 14.8 Å². The normalized spacial score (nSPS) is 28.8. The number of oxime groups is 1. The molecule has 3 aliphatic rings. The van der Waals surface area contributed by atoms with E-state index in [1.165, 1.54) is 17.3 Å². The van der Waals surface area contributed by atoms with Crippen molar-refractivity contribution in [2.24, 2.45) is 17.0 Å². The number of rotatable bonds is 6. The maximum Gasteiger partial charge on any atom is 0.242 e. The highest BCUT2D eigenvalue weighted by Gasteiger charge is 2.44. The first-order valence-electron chi connectivity index (χ1n) is 10.5. The number of nitrogens with zero attached hydrogens (tertiary/aromatic N) is 2. The van der Waals surface area contributed by atoms with Gasteiger partial charge < -0.3 is 15.4 Å². The molecule has 2 saturated heterocycles. The van der Waals surface area contributed by atoms with E-state index in [4.69, 9.17) is 17.4 Å². The molecule has 8 heteroatoms. The first kappa shape index (κ1) is 21.5. The van der Waals surface area contributed by atoms with Gasteiger partial charge in [0.05, 0.1) is 24.1 Å². The Morgan fingerprint density at radius 2 is 2.13 bits per heavy atom. The number of aryl methyl sites for hydroxylation is 1. The van der Waals surface area contributed by atoms with Gasteiger partial charge in [-0.25, -0.2) is 0 Å². The Hall–Kier alpha value is -1.77. The summed E-state index contributed by atoms with van der Waals surface area (Å²) in [6.45, 7) is 0.415. The van der Waals surface area contributed by atoms with Gasteiger partial charge in [0, 0.05) is 23.6 Å². The highest BCUT2D eigenvalue weighted by atomic mass is 32.2. The van der Waals surface area contributed by atoms with E-state index in [1.807, 2.05) is 0 Å². The molecule has 1 aliphatic carbocycles. The van der Waals surface area contributed by atoms with Crippen molar-refractivity contribution >= 4 is 46.7 Å². The molecular weight excluding hydrogens is 418 g/mol. The van der Waals surface area contributed by atoms with Crippen LogP contribution in [0, 0.1) is 11.8 Å². The lowest BCUT2D eigenvalue weighted by Gasteiger charge is -2.27. The largest absolute Gasteiger partial charge is 0.411 e. The van der Waals surface area contributed by atoms with Crippen LogP contribution in [0.15, 0.2) is 29.4 Å². The first-order chi connectivity index (χ1) is 14.6. The Morgan fingerprint density at radius 1 is 1.33 bits per heavy atom. The molecule has 2 heterocycles. The standard InChI is InChI=1S/C22H27N3O3S2/c26-18(8-6-14-5-7-15-3-1-2-4-16(15)9-14)20-19(29)11-23-21(20)22(27)25-13-30-12-17(25)10-24-28/h1-4,10,14,17,20-21,23,28H,5-9,11-13H2/t14-,17+,20?,21-/m0/s1. The number of carbonyl (C=O) groups is 2. The number of hydrogen-bond donors (Lipinski definition) is 2. The van der Waals surface area contributed by atoms with Gasteiger partial charge in [-0.05, 0) is 42.7 Å². The number of thiocarbonyl (C=S) groups is 1. The van der Waals surface area contributed by atoms with Gasteiger partial charge in [0.15, 0.2) is 0 Å². The van der Waals surface area contributed by atoms with Crippen molar-refractivity contribution in [1.29, 1.82) is 0 Å². The first-order valence-corrected chi connectivity index (χ1v) is 12.1. The minimum absolute atomic E-state index is 0.0708. The molecule has 4 atom stereocenters. The molecule has 2 aliphatic heterocycles. The molecule has 2 fully saturated rings. The van der Waals surface area contributed by atoms with Crippen LogP contribution in [0.4, 0.5) is 0 Å². The van der Waals surface area contributed by atoms with Crippen LogP contribution in [-0.2, 0) is 22.4 Å². The highest BCUT2D eigenvalue weighted by Crippen LogP contribution is 2.30. The van der Waals surface area contributed by atoms with Gasteiger partial charge in [0.2, 0.25) is 5.91 Å². The number of thioether (sulfide) groups is 1. The molecule has 0 radical (unpaired) electrons. The summed E-state index contributed by atoms with van der Waals surface area (Å²) in [6.07, 6.45) is 5.87. The van der Waals surface area contributed by atoms with E-state index in [9.17, 15) is 9.59 Å². The summed E-state index contributed by atoms with van der Waals surface area (Å²) in [4.78, 5) is 28.5. The zero-order valence-electron chi connectivity index (χ0n) is 16.8. The van der Waals surface area contributed by atoms with Crippen molar-refractivity contribution in [3.05, 3.63) is 35.4 Å². The smallest absolute Gasteiger partial charge is 0.242 e. The van der Waals surface area contributed by atoms with Gasteiger partial charge in [-0.1, -0.05) is 41.6 Å². The molecule has 30 heavy (non-hydrogen) atoms. The van der Waals surface area contributed by atoms with Gasteiger partial charge in [0.1, 0.15) is 11.8 Å². The SMILES string of the molecule is O=C(CC[C@@H]1CCc2ccccc2C1)C1C(=S)CN[C@@H]1C(=O)N1CSC[C@H]1C=NO. The maximum atomic E-state index is 13.1. The van der Waals surface area contributed by atoms with E-state index in [1.54, 1.807) is 16.7 Å². The van der Waals surface area contributed by atoms with Crippen LogP contribution < -0.4 is 5.32 Å². The van der Waals surface area contributed by atoms with Crippen molar-refractivity contribution in [2.75, 3.05) is 18.2 Å². The number of benzene rings is 1. The lowest BCUT2D eigenvalue weighted by molar-refractivity contribution is -0.136. The number of fused-ring (bicyclic) bond motifs is 1. The molecular formula is C22H27N3O3S2.